The minimum Gasteiger partial charge on any atom is -0.377 e. The van der Waals surface area contributed by atoms with E-state index in [1.54, 1.807) is 9.80 Å². The van der Waals surface area contributed by atoms with Crippen LogP contribution in [0, 0.1) is 0 Å². The van der Waals surface area contributed by atoms with Gasteiger partial charge in [-0.3, -0.25) is 9.59 Å². The van der Waals surface area contributed by atoms with Crippen molar-refractivity contribution in [1.82, 2.24) is 14.5 Å². The van der Waals surface area contributed by atoms with Crippen LogP contribution in [0.4, 0.5) is 0 Å². The van der Waals surface area contributed by atoms with E-state index < -0.39 is 10.0 Å². The topological polar surface area (TPSA) is 105 Å². The molecule has 2 amide bonds. The van der Waals surface area contributed by atoms with Gasteiger partial charge in [0, 0.05) is 51.5 Å². The van der Waals surface area contributed by atoms with Crippen molar-refractivity contribution in [1.29, 1.82) is 0 Å². The third kappa shape index (κ3) is 5.26. The molecule has 9 nitrogen and oxygen atoms in total. The lowest BCUT2D eigenvalue weighted by atomic mass is 10.1. The van der Waals surface area contributed by atoms with Gasteiger partial charge in [0.1, 0.15) is 11.0 Å². The molecule has 0 aromatic heterocycles. The van der Waals surface area contributed by atoms with E-state index in [0.29, 0.717) is 39.4 Å². The summed E-state index contributed by atoms with van der Waals surface area (Å²) in [7, 11) is -3.89. The molecule has 1 N–H and O–H groups in total. The summed E-state index contributed by atoms with van der Waals surface area (Å²) < 4.78 is 39.0. The highest BCUT2D eigenvalue weighted by molar-refractivity contribution is 7.89. The van der Waals surface area contributed by atoms with E-state index in [0.717, 1.165) is 25.7 Å². The van der Waals surface area contributed by atoms with E-state index in [2.05, 4.69) is 4.72 Å². The molecule has 3 aliphatic heterocycles. The number of carbonyl (C=O) groups excluding carboxylic acids is 2. The minimum absolute atomic E-state index is 0.0215. The number of amides is 2. The Morgan fingerprint density at radius 3 is 2.38 bits per heavy atom. The van der Waals surface area contributed by atoms with Gasteiger partial charge in [0.25, 0.3) is 11.8 Å². The first-order chi connectivity index (χ1) is 15.3. The number of ether oxygens (including phenoxy) is 2. The summed E-state index contributed by atoms with van der Waals surface area (Å²) in [4.78, 5) is 28.7. The molecule has 0 bridgehead atoms. The second kappa shape index (κ2) is 10.0. The van der Waals surface area contributed by atoms with Crippen molar-refractivity contribution in [3.63, 3.8) is 0 Å². The average molecular weight is 486 g/mol. The van der Waals surface area contributed by atoms with E-state index in [-0.39, 0.29) is 46.0 Å². The summed E-state index contributed by atoms with van der Waals surface area (Å²) in [6.45, 7) is 3.00. The lowest BCUT2D eigenvalue weighted by Crippen LogP contribution is -2.52. The first-order valence-corrected chi connectivity index (χ1v) is 12.8. The van der Waals surface area contributed by atoms with Gasteiger partial charge in [-0.1, -0.05) is 11.6 Å². The van der Waals surface area contributed by atoms with Crippen LogP contribution in [0.15, 0.2) is 23.1 Å². The van der Waals surface area contributed by atoms with E-state index in [1.165, 1.54) is 18.2 Å². The van der Waals surface area contributed by atoms with E-state index in [4.69, 9.17) is 21.1 Å². The molecule has 11 heteroatoms. The first kappa shape index (κ1) is 23.4. The number of hydrogen-bond donors (Lipinski definition) is 1. The van der Waals surface area contributed by atoms with Crippen molar-refractivity contribution >= 4 is 33.4 Å². The second-order valence-electron chi connectivity index (χ2n) is 8.25. The molecule has 0 aliphatic carbocycles. The molecule has 3 fully saturated rings. The summed E-state index contributed by atoms with van der Waals surface area (Å²) in [6, 6.07) is 4.26. The number of benzene rings is 1. The molecular formula is C21H28ClN3O6S. The zero-order valence-corrected chi connectivity index (χ0v) is 19.4. The molecular weight excluding hydrogens is 458 g/mol. The number of piperazine rings is 1. The van der Waals surface area contributed by atoms with Crippen molar-refractivity contribution in [3.8, 4) is 0 Å². The van der Waals surface area contributed by atoms with Gasteiger partial charge in [-0.15, -0.1) is 0 Å². The number of carbonyl (C=O) groups is 2. The van der Waals surface area contributed by atoms with Crippen molar-refractivity contribution in [2.75, 3.05) is 45.9 Å². The normalized spacial score (nSPS) is 24.2. The first-order valence-electron chi connectivity index (χ1n) is 11.0. The van der Waals surface area contributed by atoms with Crippen LogP contribution in [0.1, 0.15) is 36.0 Å². The van der Waals surface area contributed by atoms with Gasteiger partial charge < -0.3 is 19.3 Å². The maximum Gasteiger partial charge on any atom is 0.254 e. The molecule has 0 radical (unpaired) electrons. The molecule has 0 spiro atoms. The summed E-state index contributed by atoms with van der Waals surface area (Å²) in [5.74, 6) is -0.312. The third-order valence-corrected chi connectivity index (χ3v) is 7.98. The van der Waals surface area contributed by atoms with Gasteiger partial charge in [-0.25, -0.2) is 13.1 Å². The monoisotopic (exact) mass is 485 g/mol. The van der Waals surface area contributed by atoms with Crippen LogP contribution in [-0.4, -0.2) is 88.2 Å². The lowest BCUT2D eigenvalue weighted by Gasteiger charge is -2.35. The largest absolute Gasteiger partial charge is 0.377 e. The van der Waals surface area contributed by atoms with Gasteiger partial charge >= 0.3 is 0 Å². The highest BCUT2D eigenvalue weighted by atomic mass is 35.5. The van der Waals surface area contributed by atoms with Gasteiger partial charge in [0.2, 0.25) is 10.0 Å². The molecule has 3 saturated heterocycles. The van der Waals surface area contributed by atoms with Crippen molar-refractivity contribution < 1.29 is 27.5 Å². The Bertz CT molecular complexity index is 952. The Morgan fingerprint density at radius 1 is 1.03 bits per heavy atom. The molecule has 4 rings (SSSR count). The zero-order chi connectivity index (χ0) is 22.7. The summed E-state index contributed by atoms with van der Waals surface area (Å²) in [6.07, 6.45) is 2.81. The highest BCUT2D eigenvalue weighted by Gasteiger charge is 2.32. The maximum absolute atomic E-state index is 13.0. The number of hydrogen-bond acceptors (Lipinski definition) is 6. The summed E-state index contributed by atoms with van der Waals surface area (Å²) in [5, 5.41) is 0.0494. The van der Waals surface area contributed by atoms with Crippen LogP contribution < -0.4 is 4.72 Å². The Hall–Kier alpha value is -1.72. The fourth-order valence-electron chi connectivity index (χ4n) is 4.22. The molecule has 0 saturated carbocycles. The number of rotatable bonds is 6. The van der Waals surface area contributed by atoms with Crippen molar-refractivity contribution in [2.24, 2.45) is 0 Å². The van der Waals surface area contributed by atoms with Crippen LogP contribution in [-0.2, 0) is 24.3 Å². The predicted molar refractivity (Wildman–Crippen MR) is 117 cm³/mol. The molecule has 2 atom stereocenters. The summed E-state index contributed by atoms with van der Waals surface area (Å²) >= 11 is 6.15. The fourth-order valence-corrected chi connectivity index (χ4v) is 5.81. The van der Waals surface area contributed by atoms with E-state index >= 15 is 0 Å². The molecule has 32 heavy (non-hydrogen) atoms. The van der Waals surface area contributed by atoms with E-state index in [1.807, 2.05) is 0 Å². The zero-order valence-electron chi connectivity index (χ0n) is 17.8. The van der Waals surface area contributed by atoms with Gasteiger partial charge in [0.15, 0.2) is 0 Å². The van der Waals surface area contributed by atoms with Crippen LogP contribution in [0.5, 0.6) is 0 Å². The molecule has 1 aromatic carbocycles. The molecule has 3 aliphatic rings. The lowest BCUT2D eigenvalue weighted by molar-refractivity contribution is -0.142. The Kier molecular flexibility index (Phi) is 7.36. The molecule has 3 heterocycles. The van der Waals surface area contributed by atoms with Crippen LogP contribution in [0.2, 0.25) is 5.02 Å². The van der Waals surface area contributed by atoms with Gasteiger partial charge in [-0.05, 0) is 43.9 Å². The number of sulfonamides is 1. The third-order valence-electron chi connectivity index (χ3n) is 6.08. The SMILES string of the molecule is O=C(c1ccc(Cl)c(S(=O)(=O)NCC2CCCO2)c1)N1CCN(C(=O)C2CCCO2)CC1. The predicted octanol–water partition coefficient (Wildman–Crippen LogP) is 1.26. The molecule has 2 unspecified atom stereocenters. The second-order valence-corrected chi connectivity index (χ2v) is 10.4. The Morgan fingerprint density at radius 2 is 1.72 bits per heavy atom. The molecule has 1 aromatic rings. The van der Waals surface area contributed by atoms with Gasteiger partial charge in [0.05, 0.1) is 11.1 Å². The van der Waals surface area contributed by atoms with E-state index in [9.17, 15) is 18.0 Å². The summed E-state index contributed by atoms with van der Waals surface area (Å²) in [5.41, 5.74) is 0.241. The van der Waals surface area contributed by atoms with Gasteiger partial charge in [-0.2, -0.15) is 0 Å². The Labute approximate surface area is 193 Å². The van der Waals surface area contributed by atoms with Crippen LogP contribution >= 0.6 is 11.6 Å². The van der Waals surface area contributed by atoms with Crippen molar-refractivity contribution in [2.45, 2.75) is 42.8 Å². The quantitative estimate of drug-likeness (QED) is 0.650. The highest BCUT2D eigenvalue weighted by Crippen LogP contribution is 2.24. The van der Waals surface area contributed by atoms with Crippen LogP contribution in [0.3, 0.4) is 0 Å². The Balaban J connectivity index is 1.39. The van der Waals surface area contributed by atoms with Crippen LogP contribution in [0.25, 0.3) is 0 Å². The maximum atomic E-state index is 13.0. The van der Waals surface area contributed by atoms with Crippen molar-refractivity contribution in [3.05, 3.63) is 28.8 Å². The average Bonchev–Trinajstić information content (AvgIpc) is 3.51. The molecule has 176 valence electrons. The fraction of sp³-hybridized carbons (Fsp3) is 0.619. The number of nitrogens with one attached hydrogen (secondary N) is 1. The minimum atomic E-state index is -3.89. The number of nitrogens with zero attached hydrogens (tertiary/aromatic N) is 2. The number of halogens is 1. The standard InChI is InChI=1S/C21H28ClN3O6S/c22-17-6-5-15(13-19(17)32(28,29)23-14-16-3-1-11-30-16)20(26)24-7-9-25(10-8-24)21(27)18-4-2-12-31-18/h5-6,13,16,18,23H,1-4,7-12,14H2. The smallest absolute Gasteiger partial charge is 0.254 e.